The van der Waals surface area contributed by atoms with Crippen LogP contribution in [0.1, 0.15) is 5.56 Å². The molecule has 5 heteroatoms. The standard InChI is InChI=1S/C16H16N2O2S/c1-18(2)13-8-7-10(11-5-3-4-6-12(11)13)9-14-15(19)17-16(20)21-14/h3-8,14H,9H2,1-2H3,(H,17,19,20). The average Bonchev–Trinajstić information content (AvgIpc) is 2.77. The summed E-state index contributed by atoms with van der Waals surface area (Å²) in [5.41, 5.74) is 2.24. The van der Waals surface area contributed by atoms with Gasteiger partial charge in [0.2, 0.25) is 5.91 Å². The van der Waals surface area contributed by atoms with Gasteiger partial charge in [-0.3, -0.25) is 14.9 Å². The van der Waals surface area contributed by atoms with Gasteiger partial charge in [0.25, 0.3) is 5.24 Å². The molecule has 0 aromatic heterocycles. The van der Waals surface area contributed by atoms with Gasteiger partial charge < -0.3 is 4.90 Å². The van der Waals surface area contributed by atoms with E-state index in [-0.39, 0.29) is 16.4 Å². The highest BCUT2D eigenvalue weighted by Gasteiger charge is 2.31. The molecule has 2 amide bonds. The molecule has 1 fully saturated rings. The first-order valence-electron chi connectivity index (χ1n) is 6.75. The fraction of sp³-hybridized carbons (Fsp3) is 0.250. The van der Waals surface area contributed by atoms with E-state index in [1.807, 2.05) is 32.3 Å². The van der Waals surface area contributed by atoms with Gasteiger partial charge in [-0.05, 0) is 23.4 Å². The number of thioether (sulfide) groups is 1. The predicted molar refractivity (Wildman–Crippen MR) is 86.9 cm³/mol. The first-order chi connectivity index (χ1) is 10.1. The molecule has 1 saturated heterocycles. The summed E-state index contributed by atoms with van der Waals surface area (Å²) in [6, 6.07) is 12.3. The zero-order valence-electron chi connectivity index (χ0n) is 11.9. The summed E-state index contributed by atoms with van der Waals surface area (Å²) in [6.07, 6.45) is 0.566. The van der Waals surface area contributed by atoms with Crippen molar-refractivity contribution < 1.29 is 9.59 Å². The lowest BCUT2D eigenvalue weighted by Gasteiger charge is -2.18. The van der Waals surface area contributed by atoms with Crippen LogP contribution in [0.3, 0.4) is 0 Å². The highest BCUT2D eigenvalue weighted by Crippen LogP contribution is 2.31. The molecule has 0 spiro atoms. The van der Waals surface area contributed by atoms with Crippen LogP contribution in [0.25, 0.3) is 10.8 Å². The molecule has 2 aromatic rings. The van der Waals surface area contributed by atoms with Crippen molar-refractivity contribution in [3.8, 4) is 0 Å². The normalized spacial score (nSPS) is 18.1. The molecule has 1 N–H and O–H groups in total. The van der Waals surface area contributed by atoms with Crippen molar-refractivity contribution in [2.75, 3.05) is 19.0 Å². The van der Waals surface area contributed by atoms with Crippen LogP contribution in [0.15, 0.2) is 36.4 Å². The SMILES string of the molecule is CN(C)c1ccc(CC2SC(=O)NC2=O)c2ccccc12. The Morgan fingerprint density at radius 2 is 1.81 bits per heavy atom. The van der Waals surface area contributed by atoms with Crippen molar-refractivity contribution in [1.29, 1.82) is 0 Å². The summed E-state index contributed by atoms with van der Waals surface area (Å²) in [4.78, 5) is 25.1. The molecule has 1 atom stereocenters. The van der Waals surface area contributed by atoms with E-state index in [1.165, 1.54) is 0 Å². The average molecular weight is 300 g/mol. The molecule has 0 aliphatic carbocycles. The maximum absolute atomic E-state index is 11.7. The molecule has 0 radical (unpaired) electrons. The van der Waals surface area contributed by atoms with Crippen LogP contribution in [-0.4, -0.2) is 30.5 Å². The molecule has 2 aromatic carbocycles. The number of rotatable bonds is 3. The Morgan fingerprint density at radius 3 is 2.43 bits per heavy atom. The quantitative estimate of drug-likeness (QED) is 0.947. The van der Waals surface area contributed by atoms with Crippen molar-refractivity contribution in [2.24, 2.45) is 0 Å². The number of anilines is 1. The molecule has 21 heavy (non-hydrogen) atoms. The lowest BCUT2D eigenvalue weighted by molar-refractivity contribution is -0.118. The van der Waals surface area contributed by atoms with Gasteiger partial charge in [-0.2, -0.15) is 0 Å². The molecule has 0 saturated carbocycles. The summed E-state index contributed by atoms with van der Waals surface area (Å²) in [7, 11) is 4.03. The Balaban J connectivity index is 2.02. The van der Waals surface area contributed by atoms with Crippen LogP contribution in [0.2, 0.25) is 0 Å². The van der Waals surface area contributed by atoms with Gasteiger partial charge in [0.05, 0.1) is 5.25 Å². The van der Waals surface area contributed by atoms with Crippen LogP contribution < -0.4 is 10.2 Å². The smallest absolute Gasteiger partial charge is 0.286 e. The van der Waals surface area contributed by atoms with Gasteiger partial charge in [-0.15, -0.1) is 0 Å². The Hall–Kier alpha value is -2.01. The van der Waals surface area contributed by atoms with E-state index in [4.69, 9.17) is 0 Å². The molecule has 108 valence electrons. The third-order valence-electron chi connectivity index (χ3n) is 3.65. The van der Waals surface area contributed by atoms with E-state index in [2.05, 4.69) is 28.4 Å². The minimum Gasteiger partial charge on any atom is -0.377 e. The predicted octanol–water partition coefficient (Wildman–Crippen LogP) is 2.80. The van der Waals surface area contributed by atoms with E-state index >= 15 is 0 Å². The second-order valence-corrected chi connectivity index (χ2v) is 6.45. The van der Waals surface area contributed by atoms with Gasteiger partial charge in [0.15, 0.2) is 0 Å². The fourth-order valence-corrected chi connectivity index (χ4v) is 3.49. The molecule has 0 bridgehead atoms. The Bertz CT molecular complexity index is 727. The highest BCUT2D eigenvalue weighted by molar-refractivity contribution is 8.15. The molecule has 4 nitrogen and oxygen atoms in total. The third-order valence-corrected chi connectivity index (χ3v) is 4.63. The minimum atomic E-state index is -0.328. The van der Waals surface area contributed by atoms with Gasteiger partial charge in [-0.1, -0.05) is 42.1 Å². The summed E-state index contributed by atoms with van der Waals surface area (Å²) >= 11 is 1.08. The molecule has 1 aliphatic rings. The first-order valence-corrected chi connectivity index (χ1v) is 7.63. The van der Waals surface area contributed by atoms with Crippen molar-refractivity contribution in [3.63, 3.8) is 0 Å². The number of hydrogen-bond donors (Lipinski definition) is 1. The number of nitrogens with zero attached hydrogens (tertiary/aromatic N) is 1. The Morgan fingerprint density at radius 1 is 1.10 bits per heavy atom. The van der Waals surface area contributed by atoms with E-state index in [1.54, 1.807) is 0 Å². The maximum Gasteiger partial charge on any atom is 0.286 e. The minimum absolute atomic E-state index is 0.189. The Kier molecular flexibility index (Phi) is 3.59. The monoisotopic (exact) mass is 300 g/mol. The van der Waals surface area contributed by atoms with Gasteiger partial charge in [0, 0.05) is 25.2 Å². The molecule has 1 unspecified atom stereocenters. The molecular formula is C16H16N2O2S. The first kappa shape index (κ1) is 13.9. The van der Waals surface area contributed by atoms with Crippen molar-refractivity contribution in [3.05, 3.63) is 42.0 Å². The van der Waals surface area contributed by atoms with Gasteiger partial charge >= 0.3 is 0 Å². The van der Waals surface area contributed by atoms with E-state index in [0.29, 0.717) is 6.42 Å². The fourth-order valence-electron chi connectivity index (χ4n) is 2.64. The summed E-state index contributed by atoms with van der Waals surface area (Å²) in [5, 5.41) is 4.06. The second kappa shape index (κ2) is 5.41. The zero-order valence-corrected chi connectivity index (χ0v) is 12.7. The van der Waals surface area contributed by atoms with Crippen molar-refractivity contribution in [1.82, 2.24) is 5.32 Å². The lowest BCUT2D eigenvalue weighted by Crippen LogP contribution is -2.25. The Labute approximate surface area is 127 Å². The van der Waals surface area contributed by atoms with E-state index in [0.717, 1.165) is 33.8 Å². The van der Waals surface area contributed by atoms with Crippen molar-refractivity contribution >= 4 is 39.4 Å². The molecule has 3 rings (SSSR count). The van der Waals surface area contributed by atoms with Crippen LogP contribution in [0.4, 0.5) is 10.5 Å². The third kappa shape index (κ3) is 2.61. The van der Waals surface area contributed by atoms with Crippen LogP contribution in [-0.2, 0) is 11.2 Å². The largest absolute Gasteiger partial charge is 0.377 e. The number of amides is 2. The lowest BCUT2D eigenvalue weighted by atomic mass is 9.99. The van der Waals surface area contributed by atoms with Crippen LogP contribution >= 0.6 is 11.8 Å². The van der Waals surface area contributed by atoms with Crippen LogP contribution in [0, 0.1) is 0 Å². The molecular weight excluding hydrogens is 284 g/mol. The number of imide groups is 1. The van der Waals surface area contributed by atoms with Gasteiger partial charge in [0.1, 0.15) is 0 Å². The number of fused-ring (bicyclic) bond motifs is 1. The summed E-state index contributed by atoms with van der Waals surface area (Å²) in [5.74, 6) is -0.189. The molecule has 1 aliphatic heterocycles. The van der Waals surface area contributed by atoms with Crippen molar-refractivity contribution in [2.45, 2.75) is 11.7 Å². The number of hydrogen-bond acceptors (Lipinski definition) is 4. The number of benzene rings is 2. The second-order valence-electron chi connectivity index (χ2n) is 5.27. The number of carbonyl (C=O) groups is 2. The summed E-state index contributed by atoms with van der Waals surface area (Å²) in [6.45, 7) is 0. The maximum atomic E-state index is 11.7. The van der Waals surface area contributed by atoms with Crippen LogP contribution in [0.5, 0.6) is 0 Å². The zero-order chi connectivity index (χ0) is 15.0. The highest BCUT2D eigenvalue weighted by atomic mass is 32.2. The van der Waals surface area contributed by atoms with E-state index in [9.17, 15) is 9.59 Å². The summed E-state index contributed by atoms with van der Waals surface area (Å²) < 4.78 is 0. The topological polar surface area (TPSA) is 49.4 Å². The van der Waals surface area contributed by atoms with E-state index < -0.39 is 0 Å². The number of nitrogens with one attached hydrogen (secondary N) is 1. The molecule has 1 heterocycles. The van der Waals surface area contributed by atoms with Gasteiger partial charge in [-0.25, -0.2) is 0 Å². The number of carbonyl (C=O) groups excluding carboxylic acids is 2.